The Balaban J connectivity index is 1.92. The lowest BCUT2D eigenvalue weighted by atomic mass is 10.1. The van der Waals surface area contributed by atoms with Crippen LogP contribution in [0.25, 0.3) is 0 Å². The monoisotopic (exact) mass is 247 g/mol. The lowest BCUT2D eigenvalue weighted by Gasteiger charge is -2.25. The molecule has 0 saturated carbocycles. The number of nitrogens with zero attached hydrogens (tertiary/aromatic N) is 1. The van der Waals surface area contributed by atoms with Gasteiger partial charge in [0.2, 0.25) is 0 Å². The highest BCUT2D eigenvalue weighted by atomic mass is 16.6. The fourth-order valence-electron chi connectivity index (χ4n) is 1.90. The number of piperidine rings is 1. The predicted molar refractivity (Wildman–Crippen MR) is 67.7 cm³/mol. The fourth-order valence-corrected chi connectivity index (χ4v) is 1.90. The molecule has 4 nitrogen and oxygen atoms in total. The van der Waals surface area contributed by atoms with Gasteiger partial charge >= 0.3 is 6.09 Å². The summed E-state index contributed by atoms with van der Waals surface area (Å²) in [6.45, 7) is 3.00. The Bertz CT molecular complexity index is 429. The number of ketones is 1. The predicted octanol–water partition coefficient (Wildman–Crippen LogP) is 2.41. The fraction of sp³-hybridized carbons (Fsp3) is 0.429. The third-order valence-corrected chi connectivity index (χ3v) is 3.12. The average Bonchev–Trinajstić information content (AvgIpc) is 2.40. The first-order valence-corrected chi connectivity index (χ1v) is 6.26. The van der Waals surface area contributed by atoms with E-state index in [4.69, 9.17) is 4.74 Å². The minimum absolute atomic E-state index is 0.214. The Hall–Kier alpha value is -1.84. The molecule has 4 heteroatoms. The highest BCUT2D eigenvalue weighted by molar-refractivity contribution is 5.81. The zero-order chi connectivity index (χ0) is 13.0. The number of benzene rings is 1. The molecular weight excluding hydrogens is 230 g/mol. The van der Waals surface area contributed by atoms with Crippen LogP contribution in [0.2, 0.25) is 0 Å². The zero-order valence-electron chi connectivity index (χ0n) is 10.5. The van der Waals surface area contributed by atoms with Gasteiger partial charge in [0.05, 0.1) is 0 Å². The molecule has 0 N–H and O–H groups in total. The first-order chi connectivity index (χ1) is 8.69. The molecular formula is C14H17NO3. The Morgan fingerprint density at radius 2 is 1.83 bits per heavy atom. The molecule has 1 aromatic rings. The van der Waals surface area contributed by atoms with Crippen LogP contribution in [0.4, 0.5) is 4.79 Å². The van der Waals surface area contributed by atoms with E-state index in [0.29, 0.717) is 31.7 Å². The van der Waals surface area contributed by atoms with Gasteiger partial charge in [-0.15, -0.1) is 0 Å². The second kappa shape index (κ2) is 5.67. The first-order valence-electron chi connectivity index (χ1n) is 6.26. The zero-order valence-corrected chi connectivity index (χ0v) is 10.5. The van der Waals surface area contributed by atoms with Gasteiger partial charge in [0.15, 0.2) is 0 Å². The lowest BCUT2D eigenvalue weighted by molar-refractivity contribution is -0.121. The summed E-state index contributed by atoms with van der Waals surface area (Å²) in [5.41, 5.74) is 1.21. The van der Waals surface area contributed by atoms with Crippen molar-refractivity contribution in [3.8, 4) is 5.75 Å². The third-order valence-electron chi connectivity index (χ3n) is 3.12. The van der Waals surface area contributed by atoms with Crippen LogP contribution in [0, 0.1) is 0 Å². The van der Waals surface area contributed by atoms with Crippen LogP contribution in [0.1, 0.15) is 25.3 Å². The average molecular weight is 247 g/mol. The van der Waals surface area contributed by atoms with E-state index in [9.17, 15) is 9.59 Å². The van der Waals surface area contributed by atoms with Gasteiger partial charge in [0.1, 0.15) is 11.5 Å². The van der Waals surface area contributed by atoms with Crippen molar-refractivity contribution in [3.63, 3.8) is 0 Å². The lowest BCUT2D eigenvalue weighted by Crippen LogP contribution is -2.40. The van der Waals surface area contributed by atoms with Crippen LogP contribution in [0.15, 0.2) is 24.3 Å². The summed E-state index contributed by atoms with van der Waals surface area (Å²) in [5.74, 6) is 0.764. The van der Waals surface area contributed by atoms with Crippen molar-refractivity contribution in [2.75, 3.05) is 13.1 Å². The summed E-state index contributed by atoms with van der Waals surface area (Å²) in [4.78, 5) is 24.5. The van der Waals surface area contributed by atoms with Crippen molar-refractivity contribution < 1.29 is 14.3 Å². The second-order valence-corrected chi connectivity index (χ2v) is 4.39. The van der Waals surface area contributed by atoms with E-state index >= 15 is 0 Å². The maximum absolute atomic E-state index is 11.8. The molecule has 1 aromatic carbocycles. The maximum atomic E-state index is 11.8. The Kier molecular flexibility index (Phi) is 3.97. The number of ether oxygens (including phenoxy) is 1. The minimum atomic E-state index is -0.369. The summed E-state index contributed by atoms with van der Waals surface area (Å²) >= 11 is 0. The number of carbonyl (C=O) groups excluding carboxylic acids is 2. The molecule has 0 spiro atoms. The van der Waals surface area contributed by atoms with Gasteiger partial charge in [0.25, 0.3) is 0 Å². The normalized spacial score (nSPS) is 15.6. The summed E-state index contributed by atoms with van der Waals surface area (Å²) in [6.07, 6.45) is 1.46. The summed E-state index contributed by atoms with van der Waals surface area (Å²) < 4.78 is 5.26. The maximum Gasteiger partial charge on any atom is 0.415 e. The number of aryl methyl sites for hydroxylation is 1. The van der Waals surface area contributed by atoms with Gasteiger partial charge in [0, 0.05) is 25.9 Å². The Morgan fingerprint density at radius 1 is 1.22 bits per heavy atom. The van der Waals surface area contributed by atoms with Crippen molar-refractivity contribution in [2.24, 2.45) is 0 Å². The van der Waals surface area contributed by atoms with E-state index in [-0.39, 0.29) is 11.9 Å². The number of Topliss-reactive ketones (excluding diaryl/α,β-unsaturated/α-hetero) is 1. The largest absolute Gasteiger partial charge is 0.415 e. The van der Waals surface area contributed by atoms with Gasteiger partial charge in [-0.3, -0.25) is 4.79 Å². The van der Waals surface area contributed by atoms with Crippen molar-refractivity contribution in [3.05, 3.63) is 29.8 Å². The topological polar surface area (TPSA) is 46.6 Å². The van der Waals surface area contributed by atoms with E-state index in [1.807, 2.05) is 12.1 Å². The molecule has 1 saturated heterocycles. The van der Waals surface area contributed by atoms with Crippen LogP contribution in [-0.2, 0) is 11.2 Å². The molecule has 1 aliphatic rings. The highest BCUT2D eigenvalue weighted by Crippen LogP contribution is 2.15. The van der Waals surface area contributed by atoms with Crippen molar-refractivity contribution in [1.82, 2.24) is 4.90 Å². The van der Waals surface area contributed by atoms with E-state index in [2.05, 4.69) is 6.92 Å². The van der Waals surface area contributed by atoms with Gasteiger partial charge in [-0.2, -0.15) is 0 Å². The van der Waals surface area contributed by atoms with Gasteiger partial charge in [-0.05, 0) is 24.1 Å². The molecule has 1 amide bonds. The minimum Gasteiger partial charge on any atom is -0.410 e. The molecule has 18 heavy (non-hydrogen) atoms. The first kappa shape index (κ1) is 12.6. The quantitative estimate of drug-likeness (QED) is 0.806. The Morgan fingerprint density at radius 3 is 2.39 bits per heavy atom. The molecule has 0 bridgehead atoms. The van der Waals surface area contributed by atoms with E-state index in [0.717, 1.165) is 6.42 Å². The molecule has 1 heterocycles. The molecule has 96 valence electrons. The van der Waals surface area contributed by atoms with Crippen LogP contribution < -0.4 is 4.74 Å². The molecule has 1 fully saturated rings. The van der Waals surface area contributed by atoms with Gasteiger partial charge < -0.3 is 9.64 Å². The van der Waals surface area contributed by atoms with Gasteiger partial charge in [-0.25, -0.2) is 4.79 Å². The number of likely N-dealkylation sites (tertiary alicyclic amines) is 1. The van der Waals surface area contributed by atoms with Crippen LogP contribution in [0.5, 0.6) is 5.75 Å². The summed E-state index contributed by atoms with van der Waals surface area (Å²) in [6, 6.07) is 7.49. The Labute approximate surface area is 107 Å². The van der Waals surface area contributed by atoms with Crippen molar-refractivity contribution >= 4 is 11.9 Å². The van der Waals surface area contributed by atoms with Crippen molar-refractivity contribution in [1.29, 1.82) is 0 Å². The molecule has 0 atom stereocenters. The number of hydrogen-bond acceptors (Lipinski definition) is 3. The molecule has 0 radical (unpaired) electrons. The summed E-state index contributed by atoms with van der Waals surface area (Å²) in [7, 11) is 0. The molecule has 0 aromatic heterocycles. The van der Waals surface area contributed by atoms with E-state index in [1.54, 1.807) is 17.0 Å². The number of hydrogen-bond donors (Lipinski definition) is 0. The molecule has 0 unspecified atom stereocenters. The smallest absolute Gasteiger partial charge is 0.410 e. The van der Waals surface area contributed by atoms with Gasteiger partial charge in [-0.1, -0.05) is 19.1 Å². The standard InChI is InChI=1S/C14H17NO3/c1-2-11-3-5-13(6-4-11)18-14(17)15-9-7-12(16)8-10-15/h3-6H,2,7-10H2,1H3. The van der Waals surface area contributed by atoms with Crippen LogP contribution in [-0.4, -0.2) is 29.9 Å². The molecule has 2 rings (SSSR count). The summed E-state index contributed by atoms with van der Waals surface area (Å²) in [5, 5.41) is 0. The number of rotatable bonds is 2. The van der Waals surface area contributed by atoms with Crippen molar-refractivity contribution in [2.45, 2.75) is 26.2 Å². The second-order valence-electron chi connectivity index (χ2n) is 4.39. The number of carbonyl (C=O) groups is 2. The van der Waals surface area contributed by atoms with Crippen LogP contribution >= 0.6 is 0 Å². The van der Waals surface area contributed by atoms with E-state index in [1.165, 1.54) is 5.56 Å². The highest BCUT2D eigenvalue weighted by Gasteiger charge is 2.22. The number of amides is 1. The van der Waals surface area contributed by atoms with Crippen LogP contribution in [0.3, 0.4) is 0 Å². The third kappa shape index (κ3) is 3.09. The molecule has 0 aliphatic carbocycles. The SMILES string of the molecule is CCc1ccc(OC(=O)N2CCC(=O)CC2)cc1. The molecule has 1 aliphatic heterocycles. The van der Waals surface area contributed by atoms with E-state index < -0.39 is 0 Å².